The van der Waals surface area contributed by atoms with Crippen molar-refractivity contribution in [3.05, 3.63) is 0 Å². The summed E-state index contributed by atoms with van der Waals surface area (Å²) in [4.78, 5) is 5.56. The fourth-order valence-electron chi connectivity index (χ4n) is 4.07. The first-order valence-corrected chi connectivity index (χ1v) is 7.72. The van der Waals surface area contributed by atoms with Crippen LogP contribution in [0.2, 0.25) is 0 Å². The average molecular weight is 236 g/mol. The Kier molecular flexibility index (Phi) is 3.45. The number of nitrogens with zero attached hydrogens (tertiary/aromatic N) is 2. The van der Waals surface area contributed by atoms with Gasteiger partial charge in [-0.3, -0.25) is 4.90 Å². The van der Waals surface area contributed by atoms with E-state index in [-0.39, 0.29) is 0 Å². The Morgan fingerprint density at radius 1 is 1.00 bits per heavy atom. The predicted molar refractivity (Wildman–Crippen MR) is 72.2 cm³/mol. The second kappa shape index (κ2) is 4.89. The van der Waals surface area contributed by atoms with Gasteiger partial charge in [-0.2, -0.15) is 0 Å². The summed E-state index contributed by atoms with van der Waals surface area (Å²) in [6, 6.07) is 0.884. The maximum Gasteiger partial charge on any atom is 0.0223 e. The largest absolute Gasteiger partial charge is 0.301 e. The molecule has 1 atom stereocenters. The third-order valence-electron chi connectivity index (χ3n) is 5.30. The summed E-state index contributed by atoms with van der Waals surface area (Å²) in [5.74, 6) is 0. The van der Waals surface area contributed by atoms with E-state index < -0.39 is 0 Å². The molecule has 1 aliphatic carbocycles. The highest BCUT2D eigenvalue weighted by Crippen LogP contribution is 2.41. The number of piperidine rings is 1. The van der Waals surface area contributed by atoms with Crippen LogP contribution >= 0.6 is 0 Å². The molecule has 3 fully saturated rings. The fourth-order valence-corrected chi connectivity index (χ4v) is 4.07. The molecule has 3 rings (SSSR count). The molecule has 0 radical (unpaired) electrons. The van der Waals surface area contributed by atoms with Gasteiger partial charge in [0, 0.05) is 19.1 Å². The maximum atomic E-state index is 2.79. The van der Waals surface area contributed by atoms with Crippen LogP contribution in [-0.2, 0) is 0 Å². The van der Waals surface area contributed by atoms with E-state index in [2.05, 4.69) is 16.7 Å². The summed E-state index contributed by atoms with van der Waals surface area (Å²) >= 11 is 0. The molecule has 0 N–H and O–H groups in total. The van der Waals surface area contributed by atoms with E-state index in [9.17, 15) is 0 Å². The predicted octanol–water partition coefficient (Wildman–Crippen LogP) is 2.74. The first-order valence-electron chi connectivity index (χ1n) is 7.72. The van der Waals surface area contributed by atoms with Crippen molar-refractivity contribution < 1.29 is 0 Å². The molecular formula is C15H28N2. The molecule has 1 unspecified atom stereocenters. The Bertz CT molecular complexity index is 260. The molecule has 0 bridgehead atoms. The summed E-state index contributed by atoms with van der Waals surface area (Å²) in [5, 5.41) is 0. The van der Waals surface area contributed by atoms with Crippen molar-refractivity contribution >= 4 is 0 Å². The lowest BCUT2D eigenvalue weighted by Crippen LogP contribution is -2.47. The van der Waals surface area contributed by atoms with Crippen molar-refractivity contribution in [2.24, 2.45) is 5.41 Å². The topological polar surface area (TPSA) is 6.48 Å². The van der Waals surface area contributed by atoms with Gasteiger partial charge in [0.25, 0.3) is 0 Å². The number of hydrogen-bond donors (Lipinski definition) is 0. The SMILES string of the molecule is CC1(CN2CCCN3CCCCC3C2)CCC1. The molecule has 2 nitrogen and oxygen atoms in total. The minimum absolute atomic E-state index is 0.670. The van der Waals surface area contributed by atoms with Crippen LogP contribution in [-0.4, -0.2) is 48.6 Å². The summed E-state index contributed by atoms with van der Waals surface area (Å²) in [7, 11) is 0. The molecule has 98 valence electrons. The zero-order valence-corrected chi connectivity index (χ0v) is 11.5. The lowest BCUT2D eigenvalue weighted by molar-refractivity contribution is 0.0706. The summed E-state index contributed by atoms with van der Waals surface area (Å²) in [5.41, 5.74) is 0.670. The van der Waals surface area contributed by atoms with Crippen molar-refractivity contribution in [3.63, 3.8) is 0 Å². The van der Waals surface area contributed by atoms with Gasteiger partial charge in [-0.1, -0.05) is 19.8 Å². The molecule has 0 aromatic carbocycles. The van der Waals surface area contributed by atoms with E-state index >= 15 is 0 Å². The molecule has 2 heteroatoms. The highest BCUT2D eigenvalue weighted by atomic mass is 15.2. The normalized spacial score (nSPS) is 34.8. The average Bonchev–Trinajstić information content (AvgIpc) is 2.48. The highest BCUT2D eigenvalue weighted by molar-refractivity contribution is 4.89. The minimum Gasteiger partial charge on any atom is -0.301 e. The van der Waals surface area contributed by atoms with Crippen LogP contribution in [0.25, 0.3) is 0 Å². The molecule has 17 heavy (non-hydrogen) atoms. The molecule has 0 amide bonds. The second-order valence-electron chi connectivity index (χ2n) is 6.94. The van der Waals surface area contributed by atoms with Crippen molar-refractivity contribution in [3.8, 4) is 0 Å². The molecule has 2 aliphatic heterocycles. The summed E-state index contributed by atoms with van der Waals surface area (Å²) < 4.78 is 0. The third-order valence-corrected chi connectivity index (χ3v) is 5.30. The molecule has 0 aromatic heterocycles. The quantitative estimate of drug-likeness (QED) is 0.727. The Balaban J connectivity index is 1.58. The van der Waals surface area contributed by atoms with Gasteiger partial charge in [0.1, 0.15) is 0 Å². The molecule has 0 aromatic rings. The zero-order valence-electron chi connectivity index (χ0n) is 11.5. The van der Waals surface area contributed by atoms with Gasteiger partial charge in [0.2, 0.25) is 0 Å². The van der Waals surface area contributed by atoms with Crippen molar-refractivity contribution in [1.82, 2.24) is 9.80 Å². The van der Waals surface area contributed by atoms with Crippen LogP contribution in [0, 0.1) is 5.41 Å². The van der Waals surface area contributed by atoms with Gasteiger partial charge in [-0.25, -0.2) is 0 Å². The van der Waals surface area contributed by atoms with Gasteiger partial charge in [-0.15, -0.1) is 0 Å². The number of rotatable bonds is 2. The fraction of sp³-hybridized carbons (Fsp3) is 1.00. The monoisotopic (exact) mass is 236 g/mol. The van der Waals surface area contributed by atoms with E-state index in [1.807, 2.05) is 0 Å². The highest BCUT2D eigenvalue weighted by Gasteiger charge is 2.35. The first-order chi connectivity index (χ1) is 8.25. The lowest BCUT2D eigenvalue weighted by Gasteiger charge is -2.43. The smallest absolute Gasteiger partial charge is 0.0223 e. The minimum atomic E-state index is 0.670. The summed E-state index contributed by atoms with van der Waals surface area (Å²) in [6.07, 6.45) is 10.2. The van der Waals surface area contributed by atoms with E-state index in [1.165, 1.54) is 77.7 Å². The molecular weight excluding hydrogens is 208 g/mol. The van der Waals surface area contributed by atoms with Crippen molar-refractivity contribution in [2.75, 3.05) is 32.7 Å². The Labute approximate surface area is 106 Å². The first kappa shape index (κ1) is 12.0. The molecule has 2 saturated heterocycles. The van der Waals surface area contributed by atoms with Gasteiger partial charge in [-0.05, 0) is 57.2 Å². The van der Waals surface area contributed by atoms with Gasteiger partial charge < -0.3 is 4.90 Å². The number of hydrogen-bond acceptors (Lipinski definition) is 2. The van der Waals surface area contributed by atoms with E-state index in [4.69, 9.17) is 0 Å². The van der Waals surface area contributed by atoms with Crippen LogP contribution < -0.4 is 0 Å². The molecule has 3 aliphatic rings. The molecule has 1 saturated carbocycles. The van der Waals surface area contributed by atoms with Crippen molar-refractivity contribution in [2.45, 2.75) is 57.9 Å². The van der Waals surface area contributed by atoms with Gasteiger partial charge >= 0.3 is 0 Å². The Morgan fingerprint density at radius 3 is 2.59 bits per heavy atom. The number of fused-ring (bicyclic) bond motifs is 1. The molecule has 0 spiro atoms. The maximum absolute atomic E-state index is 2.79. The Morgan fingerprint density at radius 2 is 1.82 bits per heavy atom. The van der Waals surface area contributed by atoms with Crippen molar-refractivity contribution in [1.29, 1.82) is 0 Å². The lowest BCUT2D eigenvalue weighted by atomic mass is 9.70. The van der Waals surface area contributed by atoms with Gasteiger partial charge in [0.15, 0.2) is 0 Å². The molecule has 2 heterocycles. The van der Waals surface area contributed by atoms with Crippen LogP contribution in [0.4, 0.5) is 0 Å². The van der Waals surface area contributed by atoms with E-state index in [0.29, 0.717) is 5.41 Å². The zero-order chi connectivity index (χ0) is 11.7. The third kappa shape index (κ3) is 2.68. The van der Waals surface area contributed by atoms with Gasteiger partial charge in [0.05, 0.1) is 0 Å². The summed E-state index contributed by atoms with van der Waals surface area (Å²) in [6.45, 7) is 9.31. The van der Waals surface area contributed by atoms with E-state index in [0.717, 1.165) is 6.04 Å². The van der Waals surface area contributed by atoms with Crippen LogP contribution in [0.15, 0.2) is 0 Å². The second-order valence-corrected chi connectivity index (χ2v) is 6.94. The van der Waals surface area contributed by atoms with E-state index in [1.54, 1.807) is 0 Å². The van der Waals surface area contributed by atoms with Crippen LogP contribution in [0.1, 0.15) is 51.9 Å². The standard InChI is InChI=1S/C15H28N2/c1-15(7-4-8-15)13-16-9-5-11-17-10-3-2-6-14(17)12-16/h14H,2-13H2,1H3. The Hall–Kier alpha value is -0.0800. The van der Waals surface area contributed by atoms with Crippen LogP contribution in [0.3, 0.4) is 0 Å². The van der Waals surface area contributed by atoms with Crippen LogP contribution in [0.5, 0.6) is 0 Å².